The molecule has 0 aromatic carbocycles. The second-order valence-corrected chi connectivity index (χ2v) is 12.4. The van der Waals surface area contributed by atoms with Crippen LogP contribution in [0.4, 0.5) is 11.5 Å². The first-order valence-corrected chi connectivity index (χ1v) is 15.0. The zero-order valence-electron chi connectivity index (χ0n) is 20.7. The van der Waals surface area contributed by atoms with E-state index in [4.69, 9.17) is 36.9 Å². The number of unbranched alkanes of at least 4 members (excludes halogenated alkanes) is 1. The van der Waals surface area contributed by atoms with Gasteiger partial charge in [-0.3, -0.25) is 0 Å². The Hall–Kier alpha value is -1.30. The van der Waals surface area contributed by atoms with Crippen LogP contribution in [-0.4, -0.2) is 57.4 Å². The van der Waals surface area contributed by atoms with Gasteiger partial charge in [0, 0.05) is 22.6 Å². The van der Waals surface area contributed by atoms with Crippen molar-refractivity contribution in [3.8, 4) is 0 Å². The fourth-order valence-corrected chi connectivity index (χ4v) is 6.88. The topological polar surface area (TPSA) is 124 Å². The lowest BCUT2D eigenvalue weighted by Crippen LogP contribution is -2.23. The zero-order valence-corrected chi connectivity index (χ0v) is 23.0. The average molecular weight is 554 g/mol. The number of hydrogen-bond donors (Lipinski definition) is 4. The Morgan fingerprint density at radius 1 is 1.28 bits per heavy atom. The molecule has 36 heavy (non-hydrogen) atoms. The summed E-state index contributed by atoms with van der Waals surface area (Å²) in [5.74, 6) is 2.45. The molecule has 2 saturated carbocycles. The minimum absolute atomic E-state index is 0.0185. The number of rotatable bonds is 15. The Morgan fingerprint density at radius 3 is 2.86 bits per heavy atom. The molecule has 2 heterocycles. The Labute approximate surface area is 226 Å². The van der Waals surface area contributed by atoms with Gasteiger partial charge in [0.2, 0.25) is 0 Å². The number of thioether (sulfide) groups is 1. The van der Waals surface area contributed by atoms with E-state index in [1.54, 1.807) is 23.1 Å². The Bertz CT molecular complexity index is 1010. The molecular formula is C25H36ClN5O3S2. The van der Waals surface area contributed by atoms with Gasteiger partial charge in [-0.25, -0.2) is 15.5 Å². The van der Waals surface area contributed by atoms with Gasteiger partial charge in [-0.05, 0) is 56.6 Å². The molecule has 8 nitrogen and oxygen atoms in total. The molecule has 4 N–H and O–H groups in total. The molecule has 0 radical (unpaired) electrons. The van der Waals surface area contributed by atoms with Gasteiger partial charge in [-0.1, -0.05) is 43.1 Å². The summed E-state index contributed by atoms with van der Waals surface area (Å²) in [4.78, 5) is 10.8. The summed E-state index contributed by atoms with van der Waals surface area (Å²) in [5, 5.41) is 27.3. The summed E-state index contributed by atoms with van der Waals surface area (Å²) >= 11 is 9.39. The first-order chi connectivity index (χ1) is 17.5. The predicted octanol–water partition coefficient (Wildman–Crippen LogP) is 6.19. The van der Waals surface area contributed by atoms with Crippen LogP contribution in [0, 0.1) is 11.4 Å². The van der Waals surface area contributed by atoms with Crippen molar-refractivity contribution in [2.24, 2.45) is 11.0 Å². The highest BCUT2D eigenvalue weighted by Gasteiger charge is 2.40. The fourth-order valence-electron chi connectivity index (χ4n) is 4.92. The monoisotopic (exact) mass is 553 g/mol. The van der Waals surface area contributed by atoms with Crippen LogP contribution in [0.2, 0.25) is 4.34 Å². The Morgan fingerprint density at radius 2 is 2.14 bits per heavy atom. The predicted molar refractivity (Wildman–Crippen MR) is 145 cm³/mol. The van der Waals surface area contributed by atoms with E-state index in [9.17, 15) is 5.11 Å². The van der Waals surface area contributed by atoms with E-state index < -0.39 is 6.10 Å². The van der Waals surface area contributed by atoms with Gasteiger partial charge in [0.1, 0.15) is 5.69 Å². The number of aryl methyl sites for hydroxylation is 1. The lowest BCUT2D eigenvalue weighted by Gasteiger charge is -2.14. The van der Waals surface area contributed by atoms with Crippen molar-refractivity contribution >= 4 is 46.2 Å². The van der Waals surface area contributed by atoms with Gasteiger partial charge in [-0.15, -0.1) is 11.3 Å². The molecule has 0 saturated heterocycles. The van der Waals surface area contributed by atoms with Crippen LogP contribution in [0.25, 0.3) is 0 Å². The normalized spacial score (nSPS) is 25.3. The average Bonchev–Trinajstić information content (AvgIpc) is 3.34. The molecule has 198 valence electrons. The number of nitrogens with one attached hydrogen (secondary N) is 2. The summed E-state index contributed by atoms with van der Waals surface area (Å²) in [6.45, 7) is 2.40. The van der Waals surface area contributed by atoms with Crippen LogP contribution in [-0.2, 0) is 11.2 Å². The molecule has 0 amide bonds. The van der Waals surface area contributed by atoms with Crippen molar-refractivity contribution in [2.75, 3.05) is 24.3 Å². The maximum absolute atomic E-state index is 10.2. The second-order valence-electron chi connectivity index (χ2n) is 9.63. The van der Waals surface area contributed by atoms with Crippen molar-refractivity contribution in [1.82, 2.24) is 9.97 Å². The molecule has 11 heteroatoms. The van der Waals surface area contributed by atoms with Crippen molar-refractivity contribution in [2.45, 2.75) is 87.6 Å². The first-order valence-electron chi connectivity index (χ1n) is 12.9. The minimum Gasteiger partial charge on any atom is -0.394 e. The molecule has 4 rings (SSSR count). The van der Waals surface area contributed by atoms with E-state index in [1.165, 1.54) is 4.88 Å². The van der Waals surface area contributed by atoms with Crippen molar-refractivity contribution in [1.29, 1.82) is 5.53 Å². The van der Waals surface area contributed by atoms with E-state index in [2.05, 4.69) is 23.4 Å². The van der Waals surface area contributed by atoms with Gasteiger partial charge < -0.3 is 20.3 Å². The maximum Gasteiger partial charge on any atom is 0.189 e. The van der Waals surface area contributed by atoms with E-state index in [-0.39, 0.29) is 25.4 Å². The summed E-state index contributed by atoms with van der Waals surface area (Å²) in [6.07, 6.45) is 6.74. The largest absolute Gasteiger partial charge is 0.394 e. The molecule has 2 fully saturated rings. The molecule has 0 spiro atoms. The molecule has 0 aliphatic heterocycles. The molecule has 2 aliphatic rings. The van der Waals surface area contributed by atoms with Crippen molar-refractivity contribution in [3.63, 3.8) is 0 Å². The molecule has 2 aromatic heterocycles. The number of nitrogens with zero attached hydrogens (tertiary/aromatic N) is 3. The highest BCUT2D eigenvalue weighted by Crippen LogP contribution is 2.47. The number of halogens is 1. The number of thiophene rings is 1. The summed E-state index contributed by atoms with van der Waals surface area (Å²) in [6, 6.07) is 4.30. The third-order valence-electron chi connectivity index (χ3n) is 6.82. The van der Waals surface area contributed by atoms with Crippen LogP contribution in [0.5, 0.6) is 0 Å². The van der Waals surface area contributed by atoms with Crippen LogP contribution in [0.15, 0.2) is 22.4 Å². The van der Waals surface area contributed by atoms with Crippen LogP contribution in [0.1, 0.15) is 68.4 Å². The van der Waals surface area contributed by atoms with E-state index in [0.29, 0.717) is 23.3 Å². The van der Waals surface area contributed by atoms with Crippen LogP contribution < -0.4 is 5.32 Å². The fraction of sp³-hybridized carbons (Fsp3) is 0.680. The van der Waals surface area contributed by atoms with E-state index in [0.717, 1.165) is 72.3 Å². The molecule has 0 unspecified atom stereocenters. The summed E-state index contributed by atoms with van der Waals surface area (Å²) in [5.41, 5.74) is 9.22. The standard InChI is InChI=1S/C25H36ClN5O3S2/c1-2-11-35-25-29-17(6-4-3-5-15-12-19(33)20(13-15)34-10-9-32)23(31-27)24(30-25)28-18-14-16(18)21-7-8-22(26)36-21/h7-8,15-16,18-20,27,32-33H,2-6,9-14H2,1H3,(H,28,29,30)/t15-,16+,18+,19-,20-/m0/s1. The SMILES string of the molecule is CCCSc1nc(CCCC[C@@H]2C[C@H](OCCO)[C@@H](O)C2)c(N=N)c(N[C@@H]2C[C@H]2c2ccc(Cl)s2)n1. The zero-order chi connectivity index (χ0) is 25.5. The molecule has 2 aliphatic carbocycles. The van der Waals surface area contributed by atoms with Gasteiger partial charge in [-0.2, -0.15) is 5.11 Å². The lowest BCUT2D eigenvalue weighted by atomic mass is 9.99. The number of aromatic nitrogens is 2. The third kappa shape index (κ3) is 7.39. The maximum atomic E-state index is 10.2. The number of aliphatic hydroxyl groups excluding tert-OH is 2. The third-order valence-corrected chi connectivity index (χ3v) is 9.24. The minimum atomic E-state index is -0.444. The number of anilines is 1. The van der Waals surface area contributed by atoms with Gasteiger partial charge in [0.25, 0.3) is 0 Å². The highest BCUT2D eigenvalue weighted by atomic mass is 35.5. The van der Waals surface area contributed by atoms with E-state index >= 15 is 0 Å². The summed E-state index contributed by atoms with van der Waals surface area (Å²) < 4.78 is 6.37. The summed E-state index contributed by atoms with van der Waals surface area (Å²) in [7, 11) is 0. The highest BCUT2D eigenvalue weighted by molar-refractivity contribution is 7.99. The molecule has 0 bridgehead atoms. The smallest absolute Gasteiger partial charge is 0.189 e. The number of aliphatic hydroxyl groups is 2. The van der Waals surface area contributed by atoms with Crippen molar-refractivity contribution < 1.29 is 14.9 Å². The van der Waals surface area contributed by atoms with Gasteiger partial charge in [0.05, 0.1) is 35.5 Å². The number of hydrogen-bond acceptors (Lipinski definition) is 10. The lowest BCUT2D eigenvalue weighted by molar-refractivity contribution is -0.0303. The molecular weight excluding hydrogens is 518 g/mol. The molecule has 5 atom stereocenters. The van der Waals surface area contributed by atoms with Crippen molar-refractivity contribution in [3.05, 3.63) is 27.0 Å². The first kappa shape index (κ1) is 27.7. The Balaban J connectivity index is 1.36. The van der Waals surface area contributed by atoms with Crippen LogP contribution in [0.3, 0.4) is 0 Å². The second kappa shape index (κ2) is 13.5. The molecule has 2 aromatic rings. The van der Waals surface area contributed by atoms with Gasteiger partial charge >= 0.3 is 0 Å². The quantitative estimate of drug-likeness (QED) is 0.0897. The van der Waals surface area contributed by atoms with Gasteiger partial charge in [0.15, 0.2) is 11.0 Å². The number of ether oxygens (including phenoxy) is 1. The van der Waals surface area contributed by atoms with Crippen LogP contribution >= 0.6 is 34.7 Å². The van der Waals surface area contributed by atoms with E-state index in [1.807, 2.05) is 6.07 Å². The Kier molecular flexibility index (Phi) is 10.4.